The van der Waals surface area contributed by atoms with E-state index < -0.39 is 18.4 Å². The number of ether oxygens (including phenoxy) is 3. The highest BCUT2D eigenvalue weighted by Gasteiger charge is 2.32. The Labute approximate surface area is 291 Å². The lowest BCUT2D eigenvalue weighted by molar-refractivity contribution is -0.160. The van der Waals surface area contributed by atoms with E-state index in [9.17, 15) is 9.59 Å². The molecule has 7 heteroatoms. The lowest BCUT2D eigenvalue weighted by Crippen LogP contribution is -2.52. The van der Waals surface area contributed by atoms with Crippen LogP contribution in [-0.4, -0.2) is 62.1 Å². The molecule has 2 amide bonds. The van der Waals surface area contributed by atoms with Crippen LogP contribution in [0.1, 0.15) is 74.6 Å². The van der Waals surface area contributed by atoms with E-state index in [0.29, 0.717) is 32.6 Å². The Morgan fingerprint density at radius 2 is 1.24 bits per heavy atom. The molecule has 258 valence electrons. The number of nitrogens with zero attached hydrogens (tertiary/aromatic N) is 1. The highest BCUT2D eigenvalue weighted by molar-refractivity contribution is 5.86. The minimum atomic E-state index is -0.772. The van der Waals surface area contributed by atoms with Gasteiger partial charge in [-0.3, -0.25) is 4.79 Å². The number of rotatable bonds is 17. The second-order valence-corrected chi connectivity index (χ2v) is 12.9. The highest BCUT2D eigenvalue weighted by atomic mass is 16.7. The van der Waals surface area contributed by atoms with Crippen molar-refractivity contribution >= 4 is 12.0 Å². The number of carbonyl (C=O) groups excluding carboxylic acids is 2. The molecule has 0 aliphatic heterocycles. The standard InChI is InChI=1S/C42H50N2O5/c1-5-47-40(48-6-2)28-44(26-25-33(31-17-9-7-10-18-31)32-19-11-8-12-20-32)41(45)39(27-30(3)4)43-42(46)49-29-38-36-23-15-13-21-34(36)35-22-14-16-24-37(35)38/h7-24,30,33,38-40H,5-6,25-29H2,1-4H3,(H,43,46)/t39-/m0/s1. The summed E-state index contributed by atoms with van der Waals surface area (Å²) in [5.74, 6) is -0.0129. The summed E-state index contributed by atoms with van der Waals surface area (Å²) in [6.45, 7) is 9.72. The van der Waals surface area contributed by atoms with Gasteiger partial charge in [0.25, 0.3) is 0 Å². The number of amides is 2. The fraction of sp³-hybridized carbons (Fsp3) is 0.381. The number of benzene rings is 4. The Morgan fingerprint density at radius 1 is 0.735 bits per heavy atom. The minimum Gasteiger partial charge on any atom is -0.449 e. The van der Waals surface area contributed by atoms with Crippen LogP contribution in [0.2, 0.25) is 0 Å². The van der Waals surface area contributed by atoms with E-state index in [1.165, 1.54) is 11.1 Å². The molecule has 0 spiro atoms. The SMILES string of the molecule is CCOC(CN(CCC(c1ccccc1)c1ccccc1)C(=O)[C@H](CC(C)C)NC(=O)OCC1c2ccccc2-c2ccccc21)OCC. The maximum absolute atomic E-state index is 14.5. The summed E-state index contributed by atoms with van der Waals surface area (Å²) >= 11 is 0. The van der Waals surface area contributed by atoms with Crippen LogP contribution in [0.25, 0.3) is 11.1 Å². The van der Waals surface area contributed by atoms with Crippen molar-refractivity contribution in [3.63, 3.8) is 0 Å². The zero-order chi connectivity index (χ0) is 34.6. The van der Waals surface area contributed by atoms with E-state index in [4.69, 9.17) is 14.2 Å². The number of carbonyl (C=O) groups is 2. The maximum atomic E-state index is 14.5. The van der Waals surface area contributed by atoms with Crippen LogP contribution in [0.5, 0.6) is 0 Å². The van der Waals surface area contributed by atoms with E-state index in [1.807, 2.05) is 88.4 Å². The molecule has 5 rings (SSSR count). The van der Waals surface area contributed by atoms with Gasteiger partial charge in [-0.2, -0.15) is 0 Å². The van der Waals surface area contributed by atoms with Crippen molar-refractivity contribution in [2.24, 2.45) is 5.92 Å². The largest absolute Gasteiger partial charge is 0.449 e. The van der Waals surface area contributed by atoms with Gasteiger partial charge in [-0.1, -0.05) is 123 Å². The Hall–Kier alpha value is -4.46. The third-order valence-corrected chi connectivity index (χ3v) is 9.12. The Kier molecular flexibility index (Phi) is 13.0. The van der Waals surface area contributed by atoms with Gasteiger partial charge in [0, 0.05) is 31.6 Å². The summed E-state index contributed by atoms with van der Waals surface area (Å²) in [6.07, 6.45) is -0.0309. The first-order valence-electron chi connectivity index (χ1n) is 17.6. The average molecular weight is 663 g/mol. The lowest BCUT2D eigenvalue weighted by Gasteiger charge is -2.32. The van der Waals surface area contributed by atoms with Crippen molar-refractivity contribution < 1.29 is 23.8 Å². The van der Waals surface area contributed by atoms with Gasteiger partial charge in [-0.15, -0.1) is 0 Å². The molecular weight excluding hydrogens is 612 g/mol. The molecule has 1 aliphatic carbocycles. The molecule has 4 aromatic rings. The molecule has 0 saturated heterocycles. The summed E-state index contributed by atoms with van der Waals surface area (Å²) in [7, 11) is 0. The fourth-order valence-electron chi connectivity index (χ4n) is 6.87. The van der Waals surface area contributed by atoms with Crippen molar-refractivity contribution in [2.45, 2.75) is 64.7 Å². The van der Waals surface area contributed by atoms with Gasteiger partial charge in [0.1, 0.15) is 12.6 Å². The number of nitrogens with one attached hydrogen (secondary N) is 1. The second-order valence-electron chi connectivity index (χ2n) is 12.9. The number of hydrogen-bond donors (Lipinski definition) is 1. The van der Waals surface area contributed by atoms with Gasteiger partial charge in [0.05, 0.1) is 6.54 Å². The van der Waals surface area contributed by atoms with Crippen LogP contribution in [0.4, 0.5) is 4.79 Å². The van der Waals surface area contributed by atoms with Gasteiger partial charge in [-0.05, 0) is 66.0 Å². The predicted octanol–water partition coefficient (Wildman–Crippen LogP) is 8.39. The van der Waals surface area contributed by atoms with E-state index in [-0.39, 0.29) is 36.8 Å². The zero-order valence-corrected chi connectivity index (χ0v) is 29.2. The van der Waals surface area contributed by atoms with E-state index >= 15 is 0 Å². The first-order chi connectivity index (χ1) is 23.9. The van der Waals surface area contributed by atoms with Crippen LogP contribution < -0.4 is 5.32 Å². The monoisotopic (exact) mass is 662 g/mol. The molecule has 0 radical (unpaired) electrons. The molecule has 0 fully saturated rings. The zero-order valence-electron chi connectivity index (χ0n) is 29.2. The van der Waals surface area contributed by atoms with E-state index in [1.54, 1.807) is 4.90 Å². The topological polar surface area (TPSA) is 77.1 Å². The smallest absolute Gasteiger partial charge is 0.407 e. The Bertz CT molecular complexity index is 1540. The van der Waals surface area contributed by atoms with Crippen LogP contribution in [0.15, 0.2) is 109 Å². The van der Waals surface area contributed by atoms with E-state index in [2.05, 4.69) is 53.8 Å². The van der Waals surface area contributed by atoms with Crippen LogP contribution in [0.3, 0.4) is 0 Å². The second kappa shape index (κ2) is 17.8. The highest BCUT2D eigenvalue weighted by Crippen LogP contribution is 2.44. The molecule has 49 heavy (non-hydrogen) atoms. The number of hydrogen-bond acceptors (Lipinski definition) is 5. The quantitative estimate of drug-likeness (QED) is 0.115. The molecule has 4 aromatic carbocycles. The summed E-state index contributed by atoms with van der Waals surface area (Å²) in [6, 6.07) is 36.5. The average Bonchev–Trinajstić information content (AvgIpc) is 3.44. The molecular formula is C42H50N2O5. The summed E-state index contributed by atoms with van der Waals surface area (Å²) < 4.78 is 17.7. The normalized spacial score (nSPS) is 13.0. The van der Waals surface area contributed by atoms with Crippen molar-refractivity contribution in [3.05, 3.63) is 131 Å². The van der Waals surface area contributed by atoms with Gasteiger partial charge in [-0.25, -0.2) is 4.79 Å². The molecule has 0 heterocycles. The van der Waals surface area contributed by atoms with Gasteiger partial charge < -0.3 is 24.4 Å². The molecule has 1 atom stereocenters. The van der Waals surface area contributed by atoms with Gasteiger partial charge in [0.2, 0.25) is 5.91 Å². The van der Waals surface area contributed by atoms with Gasteiger partial charge in [0.15, 0.2) is 6.29 Å². The predicted molar refractivity (Wildman–Crippen MR) is 194 cm³/mol. The molecule has 0 unspecified atom stereocenters. The van der Waals surface area contributed by atoms with Crippen molar-refractivity contribution in [2.75, 3.05) is 32.9 Å². The van der Waals surface area contributed by atoms with Gasteiger partial charge >= 0.3 is 6.09 Å². The van der Waals surface area contributed by atoms with E-state index in [0.717, 1.165) is 22.3 Å². The fourth-order valence-corrected chi connectivity index (χ4v) is 6.87. The Morgan fingerprint density at radius 3 is 1.76 bits per heavy atom. The first-order valence-corrected chi connectivity index (χ1v) is 17.6. The number of alkyl carbamates (subject to hydrolysis) is 1. The molecule has 0 bridgehead atoms. The van der Waals surface area contributed by atoms with Crippen LogP contribution >= 0.6 is 0 Å². The summed E-state index contributed by atoms with van der Waals surface area (Å²) in [5, 5.41) is 2.95. The summed E-state index contributed by atoms with van der Waals surface area (Å²) in [4.78, 5) is 29.7. The Balaban J connectivity index is 1.34. The third kappa shape index (κ3) is 9.37. The molecule has 1 aliphatic rings. The van der Waals surface area contributed by atoms with Crippen molar-refractivity contribution in [1.82, 2.24) is 10.2 Å². The van der Waals surface area contributed by atoms with Crippen molar-refractivity contribution in [3.8, 4) is 11.1 Å². The molecule has 0 saturated carbocycles. The first kappa shape index (κ1) is 35.8. The number of fused-ring (bicyclic) bond motifs is 3. The molecule has 0 aromatic heterocycles. The minimum absolute atomic E-state index is 0.0695. The summed E-state index contributed by atoms with van der Waals surface area (Å²) in [5.41, 5.74) is 6.98. The van der Waals surface area contributed by atoms with Crippen LogP contribution in [-0.2, 0) is 19.0 Å². The third-order valence-electron chi connectivity index (χ3n) is 9.12. The van der Waals surface area contributed by atoms with Crippen molar-refractivity contribution in [1.29, 1.82) is 0 Å². The molecule has 7 nitrogen and oxygen atoms in total. The lowest BCUT2D eigenvalue weighted by atomic mass is 9.88. The van der Waals surface area contributed by atoms with Crippen LogP contribution in [0, 0.1) is 5.92 Å². The maximum Gasteiger partial charge on any atom is 0.407 e. The molecule has 1 N–H and O–H groups in total.